The molecule has 0 saturated heterocycles. The molecule has 1 heterocycles. The van der Waals surface area contributed by atoms with Gasteiger partial charge >= 0.3 is 7.60 Å². The summed E-state index contributed by atoms with van der Waals surface area (Å²) >= 11 is 1.27. The highest BCUT2D eigenvalue weighted by Gasteiger charge is 2.17. The van der Waals surface area contributed by atoms with Crippen LogP contribution in [-0.4, -0.2) is 21.9 Å². The van der Waals surface area contributed by atoms with Crippen LogP contribution in [0, 0.1) is 0 Å². The van der Waals surface area contributed by atoms with Crippen LogP contribution in [0.4, 0.5) is 0 Å². The molecule has 5 nitrogen and oxygen atoms in total. The van der Waals surface area contributed by atoms with Crippen LogP contribution in [0.1, 0.15) is 5.01 Å². The molecule has 2 aromatic rings. The fourth-order valence-corrected chi connectivity index (χ4v) is 3.30. The maximum Gasteiger partial charge on any atom is 0.332 e. The first-order valence-corrected chi connectivity index (χ1v) is 7.07. The van der Waals surface area contributed by atoms with Gasteiger partial charge < -0.3 is 14.5 Å². The van der Waals surface area contributed by atoms with E-state index in [9.17, 15) is 4.57 Å². The Bertz CT molecular complexity index is 562. The molecular formula is C9H10NO4PS. The summed E-state index contributed by atoms with van der Waals surface area (Å²) in [5.41, 5.74) is 0.731. The van der Waals surface area contributed by atoms with Gasteiger partial charge in [0.15, 0.2) is 0 Å². The summed E-state index contributed by atoms with van der Waals surface area (Å²) in [6.45, 7) is 0. The standard InChI is InChI=1S/C9H10NO4PS/c1-14-6-2-3-7-8(4-6)16-9(10-7)5-15(11,12)13/h2-4H,5H2,1H3,(H2,11,12,13). The molecule has 16 heavy (non-hydrogen) atoms. The third-order valence-electron chi connectivity index (χ3n) is 1.98. The average molecular weight is 259 g/mol. The highest BCUT2D eigenvalue weighted by Crippen LogP contribution is 2.41. The molecule has 0 saturated carbocycles. The van der Waals surface area contributed by atoms with Crippen molar-refractivity contribution in [3.63, 3.8) is 0 Å². The van der Waals surface area contributed by atoms with Crippen LogP contribution in [0.2, 0.25) is 0 Å². The lowest BCUT2D eigenvalue weighted by atomic mass is 10.3. The van der Waals surface area contributed by atoms with Crippen LogP contribution in [0.15, 0.2) is 18.2 Å². The number of benzene rings is 1. The van der Waals surface area contributed by atoms with Crippen LogP contribution in [-0.2, 0) is 10.7 Å². The molecule has 0 aliphatic carbocycles. The van der Waals surface area contributed by atoms with E-state index in [1.807, 2.05) is 0 Å². The number of hydrogen-bond donors (Lipinski definition) is 2. The summed E-state index contributed by atoms with van der Waals surface area (Å²) in [5.74, 6) is 0.707. The zero-order valence-electron chi connectivity index (χ0n) is 8.45. The van der Waals surface area contributed by atoms with Crippen molar-refractivity contribution in [2.24, 2.45) is 0 Å². The van der Waals surface area contributed by atoms with Gasteiger partial charge in [0, 0.05) is 0 Å². The first kappa shape index (κ1) is 11.5. The lowest BCUT2D eigenvalue weighted by Crippen LogP contribution is -1.84. The van der Waals surface area contributed by atoms with E-state index < -0.39 is 7.60 Å². The van der Waals surface area contributed by atoms with Gasteiger partial charge in [-0.15, -0.1) is 11.3 Å². The van der Waals surface area contributed by atoms with E-state index >= 15 is 0 Å². The maximum atomic E-state index is 10.8. The predicted molar refractivity (Wildman–Crippen MR) is 61.9 cm³/mol. The molecule has 2 N–H and O–H groups in total. The van der Waals surface area contributed by atoms with Crippen molar-refractivity contribution in [1.29, 1.82) is 0 Å². The Morgan fingerprint density at radius 1 is 1.50 bits per heavy atom. The summed E-state index contributed by atoms with van der Waals surface area (Å²) in [7, 11) is -2.48. The molecule has 0 bridgehead atoms. The third kappa shape index (κ3) is 2.59. The molecule has 0 spiro atoms. The molecule has 0 unspecified atom stereocenters. The minimum atomic E-state index is -4.05. The Morgan fingerprint density at radius 3 is 2.88 bits per heavy atom. The summed E-state index contributed by atoms with van der Waals surface area (Å²) in [5, 5.41) is 0.441. The van der Waals surface area contributed by atoms with Crippen LogP contribution < -0.4 is 4.74 Å². The van der Waals surface area contributed by atoms with Crippen LogP contribution in [0.3, 0.4) is 0 Å². The van der Waals surface area contributed by atoms with Crippen molar-refractivity contribution in [2.45, 2.75) is 6.16 Å². The van der Waals surface area contributed by atoms with Crippen molar-refractivity contribution in [2.75, 3.05) is 7.11 Å². The Hall–Kier alpha value is -0.940. The Labute approximate surface area is 95.9 Å². The fraction of sp³-hybridized carbons (Fsp3) is 0.222. The summed E-state index contributed by atoms with van der Waals surface area (Å²) < 4.78 is 16.8. The SMILES string of the molecule is COc1ccc2nc(CP(=O)(O)O)sc2c1. The van der Waals surface area contributed by atoms with Gasteiger partial charge in [-0.1, -0.05) is 0 Å². The molecule has 0 aliphatic heterocycles. The second kappa shape index (κ2) is 4.14. The molecule has 2 rings (SSSR count). The fourth-order valence-electron chi connectivity index (χ4n) is 1.32. The molecule has 0 radical (unpaired) electrons. The van der Waals surface area contributed by atoms with Gasteiger partial charge in [-0.3, -0.25) is 4.57 Å². The lowest BCUT2D eigenvalue weighted by molar-refractivity contribution is 0.371. The number of rotatable bonds is 3. The zero-order chi connectivity index (χ0) is 11.8. The first-order chi connectivity index (χ1) is 7.48. The van der Waals surface area contributed by atoms with E-state index in [1.165, 1.54) is 11.3 Å². The van der Waals surface area contributed by atoms with Gasteiger partial charge in [0.1, 0.15) is 16.9 Å². The third-order valence-corrected chi connectivity index (χ3v) is 3.92. The molecule has 0 fully saturated rings. The minimum Gasteiger partial charge on any atom is -0.497 e. The van der Waals surface area contributed by atoms with E-state index in [1.54, 1.807) is 25.3 Å². The van der Waals surface area contributed by atoms with Crippen molar-refractivity contribution in [1.82, 2.24) is 4.98 Å². The van der Waals surface area contributed by atoms with E-state index in [2.05, 4.69) is 4.98 Å². The van der Waals surface area contributed by atoms with E-state index in [4.69, 9.17) is 14.5 Å². The first-order valence-electron chi connectivity index (χ1n) is 4.46. The zero-order valence-corrected chi connectivity index (χ0v) is 10.2. The maximum absolute atomic E-state index is 10.8. The number of methoxy groups -OCH3 is 1. The average Bonchev–Trinajstić information content (AvgIpc) is 2.55. The lowest BCUT2D eigenvalue weighted by Gasteiger charge is -1.97. The summed E-state index contributed by atoms with van der Waals surface area (Å²) in [4.78, 5) is 21.8. The van der Waals surface area contributed by atoms with Gasteiger partial charge in [0.05, 0.1) is 17.3 Å². The van der Waals surface area contributed by atoms with E-state index in [0.717, 1.165) is 10.2 Å². The highest BCUT2D eigenvalue weighted by molar-refractivity contribution is 7.51. The minimum absolute atomic E-state index is 0.311. The van der Waals surface area contributed by atoms with Gasteiger partial charge in [-0.25, -0.2) is 4.98 Å². The Kier molecular flexibility index (Phi) is 2.99. The largest absolute Gasteiger partial charge is 0.497 e. The smallest absolute Gasteiger partial charge is 0.332 e. The molecule has 0 aliphatic rings. The molecule has 86 valence electrons. The Balaban J connectivity index is 2.40. The van der Waals surface area contributed by atoms with Crippen molar-refractivity contribution in [3.8, 4) is 5.75 Å². The Morgan fingerprint density at radius 2 is 2.25 bits per heavy atom. The monoisotopic (exact) mass is 259 g/mol. The molecule has 7 heteroatoms. The number of ether oxygens (including phenoxy) is 1. The molecule has 0 amide bonds. The highest BCUT2D eigenvalue weighted by atomic mass is 32.1. The number of fused-ring (bicyclic) bond motifs is 1. The van der Waals surface area contributed by atoms with Gasteiger partial charge in [0.25, 0.3) is 0 Å². The van der Waals surface area contributed by atoms with Crippen LogP contribution in [0.25, 0.3) is 10.2 Å². The number of thiazole rings is 1. The topological polar surface area (TPSA) is 79.7 Å². The molecule has 1 aromatic heterocycles. The second-order valence-corrected chi connectivity index (χ2v) is 6.02. The second-order valence-electron chi connectivity index (χ2n) is 3.26. The summed E-state index contributed by atoms with van der Waals surface area (Å²) in [6.07, 6.45) is -0.311. The molecule has 0 atom stereocenters. The van der Waals surface area contributed by atoms with E-state index in [-0.39, 0.29) is 6.16 Å². The molecular weight excluding hydrogens is 249 g/mol. The normalized spacial score (nSPS) is 11.9. The number of nitrogens with zero attached hydrogens (tertiary/aromatic N) is 1. The molecule has 1 aromatic carbocycles. The van der Waals surface area contributed by atoms with Crippen LogP contribution in [0.5, 0.6) is 5.75 Å². The van der Waals surface area contributed by atoms with Crippen molar-refractivity contribution in [3.05, 3.63) is 23.2 Å². The van der Waals surface area contributed by atoms with Gasteiger partial charge in [-0.2, -0.15) is 0 Å². The van der Waals surface area contributed by atoms with Crippen molar-refractivity contribution < 1.29 is 19.1 Å². The summed E-state index contributed by atoms with van der Waals surface area (Å²) in [6, 6.07) is 5.34. The van der Waals surface area contributed by atoms with Crippen LogP contribution >= 0.6 is 18.9 Å². The number of aromatic nitrogens is 1. The predicted octanol–water partition coefficient (Wildman–Crippen LogP) is 1.98. The van der Waals surface area contributed by atoms with Crippen molar-refractivity contribution >= 4 is 29.1 Å². The number of hydrogen-bond acceptors (Lipinski definition) is 4. The quantitative estimate of drug-likeness (QED) is 0.824. The van der Waals surface area contributed by atoms with Gasteiger partial charge in [0.2, 0.25) is 0 Å². The van der Waals surface area contributed by atoms with Gasteiger partial charge in [-0.05, 0) is 18.2 Å². The van der Waals surface area contributed by atoms with E-state index in [0.29, 0.717) is 10.8 Å².